The third-order valence-electron chi connectivity index (χ3n) is 13.8. The number of allylic oxidation sites excluding steroid dienone is 10. The maximum atomic E-state index is 12.3. The molecule has 408 valence electrons. The highest BCUT2D eigenvalue weighted by molar-refractivity contribution is 5.70. The zero-order chi connectivity index (χ0) is 50.6. The molecule has 0 saturated heterocycles. The molecule has 5 nitrogen and oxygen atoms in total. The maximum Gasteiger partial charge on any atom is 0.306 e. The van der Waals surface area contributed by atoms with Crippen LogP contribution in [0.4, 0.5) is 0 Å². The number of carbonyl (C=O) groups is 2. The van der Waals surface area contributed by atoms with E-state index in [9.17, 15) is 14.7 Å². The van der Waals surface area contributed by atoms with Gasteiger partial charge in [0, 0.05) is 12.8 Å². The van der Waals surface area contributed by atoms with Crippen molar-refractivity contribution in [2.45, 2.75) is 328 Å². The van der Waals surface area contributed by atoms with Gasteiger partial charge in [0.15, 0.2) is 6.10 Å². The molecule has 0 aromatic heterocycles. The highest BCUT2D eigenvalue weighted by Gasteiger charge is 2.16. The van der Waals surface area contributed by atoms with Crippen LogP contribution in [0.3, 0.4) is 0 Å². The molecule has 0 aliphatic rings. The summed E-state index contributed by atoms with van der Waals surface area (Å²) in [7, 11) is 0. The van der Waals surface area contributed by atoms with E-state index in [2.05, 4.69) is 74.6 Å². The van der Waals surface area contributed by atoms with Gasteiger partial charge in [0.1, 0.15) is 6.61 Å². The van der Waals surface area contributed by atoms with Crippen LogP contribution in [-0.4, -0.2) is 36.4 Å². The third-order valence-corrected chi connectivity index (χ3v) is 13.8. The Kier molecular flexibility index (Phi) is 58.8. The summed E-state index contributed by atoms with van der Waals surface area (Å²) in [5, 5.41) is 9.68. The fourth-order valence-corrected chi connectivity index (χ4v) is 9.19. The molecule has 0 spiro atoms. The van der Waals surface area contributed by atoms with Gasteiger partial charge < -0.3 is 14.6 Å². The third kappa shape index (κ3) is 58.2. The first-order valence-corrected chi connectivity index (χ1v) is 30.8. The van der Waals surface area contributed by atoms with Gasteiger partial charge in [-0.2, -0.15) is 0 Å². The minimum atomic E-state index is -0.773. The summed E-state index contributed by atoms with van der Waals surface area (Å²) in [6.45, 7) is 4.07. The molecule has 0 aliphatic heterocycles. The Hall–Kier alpha value is -2.40. The monoisotopic (exact) mass is 979 g/mol. The van der Waals surface area contributed by atoms with Gasteiger partial charge in [-0.15, -0.1) is 0 Å². The van der Waals surface area contributed by atoms with Crippen LogP contribution in [0.5, 0.6) is 0 Å². The van der Waals surface area contributed by atoms with E-state index in [1.54, 1.807) is 0 Å². The lowest BCUT2D eigenvalue weighted by atomic mass is 10.0. The van der Waals surface area contributed by atoms with Gasteiger partial charge in [0.2, 0.25) is 0 Å². The smallest absolute Gasteiger partial charge is 0.306 e. The molecule has 0 fully saturated rings. The van der Waals surface area contributed by atoms with Gasteiger partial charge in [0.05, 0.1) is 6.61 Å². The Morgan fingerprint density at radius 1 is 0.343 bits per heavy atom. The lowest BCUT2D eigenvalue weighted by Crippen LogP contribution is -2.28. The lowest BCUT2D eigenvalue weighted by Gasteiger charge is -2.15. The SMILES string of the molecule is CC/C=C\C/C=C\C/C=C\C/C=C\CCCCCCCCCCCCCCCCCCC(=O)OC(CO)COC(=O)CCCCCCCCCCCCCCCCC/C=C\CCCCCCCCCC. The molecule has 1 unspecified atom stereocenters. The topological polar surface area (TPSA) is 72.8 Å². The maximum absolute atomic E-state index is 12.3. The number of hydrogen-bond acceptors (Lipinski definition) is 5. The predicted octanol–water partition coefficient (Wildman–Crippen LogP) is 21.0. The molecule has 0 saturated carbocycles. The summed E-state index contributed by atoms with van der Waals surface area (Å²) in [5.41, 5.74) is 0. The number of rotatable bonds is 57. The van der Waals surface area contributed by atoms with Gasteiger partial charge in [0.25, 0.3) is 0 Å². The van der Waals surface area contributed by atoms with Crippen molar-refractivity contribution in [1.29, 1.82) is 0 Å². The molecule has 0 amide bonds. The highest BCUT2D eigenvalue weighted by atomic mass is 16.6. The highest BCUT2D eigenvalue weighted by Crippen LogP contribution is 2.17. The molecule has 0 radical (unpaired) electrons. The second-order valence-electron chi connectivity index (χ2n) is 20.8. The average Bonchev–Trinajstić information content (AvgIpc) is 3.36. The standard InChI is InChI=1S/C65H118O5/c1-3-5-7-9-11-13-15-17-19-21-23-25-27-29-31-32-34-36-38-40-42-44-46-48-50-52-54-56-58-60-65(68)70-63(61-66)62-69-64(67)59-57-55-53-51-49-47-45-43-41-39-37-35-33-30-28-26-24-22-20-18-16-14-12-10-8-6-4-2/h5,7,11,13,17,19,22-25,63,66H,3-4,6,8-10,12,14-16,18,20-21,26-62H2,1-2H3/b7-5-,13-11-,19-17-,24-22-,25-23-. The quantitative estimate of drug-likeness (QED) is 0.0373. The Balaban J connectivity index is 3.43. The number of hydrogen-bond donors (Lipinski definition) is 1. The minimum absolute atomic E-state index is 0.0629. The van der Waals surface area contributed by atoms with E-state index >= 15 is 0 Å². The van der Waals surface area contributed by atoms with Crippen molar-refractivity contribution in [2.75, 3.05) is 13.2 Å². The van der Waals surface area contributed by atoms with Crippen LogP contribution < -0.4 is 0 Å². The van der Waals surface area contributed by atoms with Crippen molar-refractivity contribution in [3.8, 4) is 0 Å². The zero-order valence-electron chi connectivity index (χ0n) is 46.8. The van der Waals surface area contributed by atoms with E-state index in [4.69, 9.17) is 9.47 Å². The number of ether oxygens (including phenoxy) is 2. The Morgan fingerprint density at radius 3 is 0.943 bits per heavy atom. The summed E-state index contributed by atoms with van der Waals surface area (Å²) in [5.74, 6) is -0.575. The summed E-state index contributed by atoms with van der Waals surface area (Å²) < 4.78 is 10.7. The Bertz CT molecular complexity index is 1200. The number of esters is 2. The summed E-state index contributed by atoms with van der Waals surface area (Å²) >= 11 is 0. The molecule has 0 aliphatic carbocycles. The molecule has 0 bridgehead atoms. The molecular formula is C65H118O5. The second kappa shape index (κ2) is 60.9. The van der Waals surface area contributed by atoms with Crippen molar-refractivity contribution in [3.05, 3.63) is 60.8 Å². The van der Waals surface area contributed by atoms with E-state index < -0.39 is 6.10 Å². The molecule has 70 heavy (non-hydrogen) atoms. The second-order valence-corrected chi connectivity index (χ2v) is 20.8. The van der Waals surface area contributed by atoms with Crippen LogP contribution >= 0.6 is 0 Å². The van der Waals surface area contributed by atoms with E-state index in [-0.39, 0.29) is 25.2 Å². The summed E-state index contributed by atoms with van der Waals surface area (Å²) in [6.07, 6.45) is 82.2. The molecule has 0 aromatic rings. The van der Waals surface area contributed by atoms with Crippen LogP contribution in [-0.2, 0) is 19.1 Å². The van der Waals surface area contributed by atoms with Gasteiger partial charge in [-0.25, -0.2) is 0 Å². The largest absolute Gasteiger partial charge is 0.462 e. The number of carbonyl (C=O) groups excluding carboxylic acids is 2. The molecule has 1 N–H and O–H groups in total. The van der Waals surface area contributed by atoms with E-state index in [1.165, 1.54) is 231 Å². The van der Waals surface area contributed by atoms with Gasteiger partial charge in [-0.3, -0.25) is 9.59 Å². The predicted molar refractivity (Wildman–Crippen MR) is 307 cm³/mol. The number of aliphatic hydroxyl groups is 1. The Labute approximate surface area is 436 Å². The van der Waals surface area contributed by atoms with Crippen LogP contribution in [0.2, 0.25) is 0 Å². The normalized spacial score (nSPS) is 12.6. The molecule has 1 atom stereocenters. The molecule has 0 heterocycles. The van der Waals surface area contributed by atoms with Crippen LogP contribution in [0.1, 0.15) is 322 Å². The fourth-order valence-electron chi connectivity index (χ4n) is 9.19. The van der Waals surface area contributed by atoms with Crippen molar-refractivity contribution in [1.82, 2.24) is 0 Å². The first-order valence-electron chi connectivity index (χ1n) is 30.8. The van der Waals surface area contributed by atoms with Crippen molar-refractivity contribution >= 4 is 11.9 Å². The van der Waals surface area contributed by atoms with Crippen LogP contribution in [0.25, 0.3) is 0 Å². The van der Waals surface area contributed by atoms with E-state index in [1.807, 2.05) is 0 Å². The van der Waals surface area contributed by atoms with Crippen molar-refractivity contribution < 1.29 is 24.2 Å². The van der Waals surface area contributed by atoms with Crippen LogP contribution in [0.15, 0.2) is 60.8 Å². The molecule has 5 heteroatoms. The fraction of sp³-hybridized carbons (Fsp3) is 0.815. The van der Waals surface area contributed by atoms with E-state index in [0.29, 0.717) is 12.8 Å². The van der Waals surface area contributed by atoms with Crippen LogP contribution in [0, 0.1) is 0 Å². The molecule has 0 rings (SSSR count). The molecular weight excluding hydrogens is 861 g/mol. The van der Waals surface area contributed by atoms with Crippen molar-refractivity contribution in [2.24, 2.45) is 0 Å². The van der Waals surface area contributed by atoms with Crippen molar-refractivity contribution in [3.63, 3.8) is 0 Å². The summed E-state index contributed by atoms with van der Waals surface area (Å²) in [4.78, 5) is 24.6. The first-order chi connectivity index (χ1) is 34.6. The lowest BCUT2D eigenvalue weighted by molar-refractivity contribution is -0.161. The Morgan fingerprint density at radius 2 is 0.614 bits per heavy atom. The zero-order valence-corrected chi connectivity index (χ0v) is 46.8. The number of aliphatic hydroxyl groups excluding tert-OH is 1. The van der Waals surface area contributed by atoms with E-state index in [0.717, 1.165) is 64.2 Å². The number of unbranched alkanes of at least 4 members (excludes halogenated alkanes) is 39. The van der Waals surface area contributed by atoms with Gasteiger partial charge in [-0.1, -0.05) is 293 Å². The van der Waals surface area contributed by atoms with Gasteiger partial charge in [-0.05, 0) is 77.0 Å². The first kappa shape index (κ1) is 67.6. The summed E-state index contributed by atoms with van der Waals surface area (Å²) in [6, 6.07) is 0. The average molecular weight is 980 g/mol. The minimum Gasteiger partial charge on any atom is -0.462 e. The molecule has 0 aromatic carbocycles. The van der Waals surface area contributed by atoms with Gasteiger partial charge >= 0.3 is 11.9 Å².